The molecule has 3 aromatic rings. The molecule has 118 valence electrons. The molecular formula is C19H22N4. The van der Waals surface area contributed by atoms with Gasteiger partial charge in [-0.1, -0.05) is 12.1 Å². The number of nitrogens with zero attached hydrogens (tertiary/aromatic N) is 2. The summed E-state index contributed by atoms with van der Waals surface area (Å²) in [5, 5.41) is 3.51. The molecule has 1 aromatic heterocycles. The number of aromatic nitrogens is 2. The zero-order chi connectivity index (χ0) is 15.6. The third-order valence-electron chi connectivity index (χ3n) is 4.66. The summed E-state index contributed by atoms with van der Waals surface area (Å²) in [7, 11) is 0. The van der Waals surface area contributed by atoms with Crippen molar-refractivity contribution in [2.45, 2.75) is 19.4 Å². The molecule has 4 rings (SSSR count). The van der Waals surface area contributed by atoms with Crippen molar-refractivity contribution < 1.29 is 0 Å². The highest BCUT2D eigenvalue weighted by Gasteiger charge is 2.18. The Morgan fingerprint density at radius 3 is 2.74 bits per heavy atom. The van der Waals surface area contributed by atoms with E-state index in [1.807, 2.05) is 12.1 Å². The van der Waals surface area contributed by atoms with E-state index in [0.29, 0.717) is 5.92 Å². The van der Waals surface area contributed by atoms with E-state index >= 15 is 0 Å². The maximum atomic E-state index is 5.83. The number of para-hydroxylation sites is 2. The van der Waals surface area contributed by atoms with Gasteiger partial charge in [0, 0.05) is 17.8 Å². The summed E-state index contributed by atoms with van der Waals surface area (Å²) in [4.78, 5) is 4.88. The Hall–Kier alpha value is -2.33. The fourth-order valence-corrected chi connectivity index (χ4v) is 3.45. The molecule has 1 aliphatic heterocycles. The van der Waals surface area contributed by atoms with Crippen LogP contribution in [0.4, 0.5) is 5.69 Å². The second kappa shape index (κ2) is 6.05. The van der Waals surface area contributed by atoms with Crippen molar-refractivity contribution in [2.24, 2.45) is 5.92 Å². The van der Waals surface area contributed by atoms with Gasteiger partial charge in [-0.05, 0) is 68.2 Å². The highest BCUT2D eigenvalue weighted by molar-refractivity contribution is 5.80. The van der Waals surface area contributed by atoms with Crippen molar-refractivity contribution in [2.75, 3.05) is 18.8 Å². The maximum Gasteiger partial charge on any atom is 0.141 e. The van der Waals surface area contributed by atoms with Crippen molar-refractivity contribution in [3.05, 3.63) is 48.5 Å². The highest BCUT2D eigenvalue weighted by Crippen LogP contribution is 2.27. The van der Waals surface area contributed by atoms with Crippen molar-refractivity contribution >= 4 is 16.7 Å². The molecule has 0 aliphatic carbocycles. The average Bonchev–Trinajstić information content (AvgIpc) is 2.95. The molecular weight excluding hydrogens is 284 g/mol. The van der Waals surface area contributed by atoms with E-state index in [9.17, 15) is 0 Å². The third kappa shape index (κ3) is 2.82. The number of piperidine rings is 1. The maximum absolute atomic E-state index is 5.83. The minimum Gasteiger partial charge on any atom is -0.399 e. The number of imidazole rings is 1. The first-order valence-corrected chi connectivity index (χ1v) is 8.33. The topological polar surface area (TPSA) is 55.9 Å². The van der Waals surface area contributed by atoms with Crippen LogP contribution in [0.1, 0.15) is 12.8 Å². The molecule has 2 aromatic carbocycles. The van der Waals surface area contributed by atoms with Crippen molar-refractivity contribution in [3.8, 4) is 11.4 Å². The van der Waals surface area contributed by atoms with Gasteiger partial charge in [0.1, 0.15) is 5.82 Å². The molecule has 1 atom stereocenters. The first-order valence-electron chi connectivity index (χ1n) is 8.33. The lowest BCUT2D eigenvalue weighted by molar-refractivity contribution is 0.341. The monoisotopic (exact) mass is 306 g/mol. The number of hydrogen-bond acceptors (Lipinski definition) is 3. The number of anilines is 1. The quantitative estimate of drug-likeness (QED) is 0.730. The third-order valence-corrected chi connectivity index (χ3v) is 4.66. The van der Waals surface area contributed by atoms with E-state index in [2.05, 4.69) is 46.3 Å². The summed E-state index contributed by atoms with van der Waals surface area (Å²) in [6.07, 6.45) is 2.54. The Bertz CT molecular complexity index is 798. The number of nitrogens with two attached hydrogens (primary N) is 1. The second-order valence-electron chi connectivity index (χ2n) is 6.37. The number of benzene rings is 2. The lowest BCUT2D eigenvalue weighted by Crippen LogP contribution is -2.32. The summed E-state index contributed by atoms with van der Waals surface area (Å²) in [5.41, 5.74) is 10.0. The zero-order valence-electron chi connectivity index (χ0n) is 13.2. The Balaban J connectivity index is 1.79. The van der Waals surface area contributed by atoms with Gasteiger partial charge >= 0.3 is 0 Å². The summed E-state index contributed by atoms with van der Waals surface area (Å²) in [6, 6.07) is 16.4. The fraction of sp³-hybridized carbons (Fsp3) is 0.316. The average molecular weight is 306 g/mol. The van der Waals surface area contributed by atoms with Crippen LogP contribution in [0.2, 0.25) is 0 Å². The Kier molecular flexibility index (Phi) is 3.75. The standard InChI is InChI=1S/C19H22N4/c20-16-9-7-15(8-10-16)19-22-17-5-1-2-6-18(17)23(19)13-14-4-3-11-21-12-14/h1-2,5-10,14,21H,3-4,11-13,20H2. The molecule has 0 spiro atoms. The predicted octanol–water partition coefficient (Wildman–Crippen LogP) is 3.29. The highest BCUT2D eigenvalue weighted by atomic mass is 15.1. The minimum atomic E-state index is 0.661. The van der Waals surface area contributed by atoms with Crippen LogP contribution < -0.4 is 11.1 Å². The number of rotatable bonds is 3. The van der Waals surface area contributed by atoms with Crippen molar-refractivity contribution in [1.82, 2.24) is 14.9 Å². The van der Waals surface area contributed by atoms with Gasteiger partial charge in [-0.15, -0.1) is 0 Å². The molecule has 1 saturated heterocycles. The lowest BCUT2D eigenvalue weighted by Gasteiger charge is -2.24. The van der Waals surface area contributed by atoms with E-state index in [0.717, 1.165) is 42.2 Å². The zero-order valence-corrected chi connectivity index (χ0v) is 13.2. The van der Waals surface area contributed by atoms with Gasteiger partial charge in [0.2, 0.25) is 0 Å². The van der Waals surface area contributed by atoms with Crippen LogP contribution in [0.15, 0.2) is 48.5 Å². The molecule has 1 fully saturated rings. The van der Waals surface area contributed by atoms with Gasteiger partial charge < -0.3 is 15.6 Å². The Morgan fingerprint density at radius 2 is 1.96 bits per heavy atom. The van der Waals surface area contributed by atoms with Gasteiger partial charge in [0.05, 0.1) is 11.0 Å². The summed E-state index contributed by atoms with van der Waals surface area (Å²) in [6.45, 7) is 3.24. The van der Waals surface area contributed by atoms with Gasteiger partial charge in [-0.3, -0.25) is 0 Å². The fourth-order valence-electron chi connectivity index (χ4n) is 3.45. The smallest absolute Gasteiger partial charge is 0.141 e. The van der Waals surface area contributed by atoms with E-state index in [1.165, 1.54) is 18.4 Å². The van der Waals surface area contributed by atoms with E-state index in [4.69, 9.17) is 10.7 Å². The van der Waals surface area contributed by atoms with E-state index in [1.54, 1.807) is 0 Å². The summed E-state index contributed by atoms with van der Waals surface area (Å²) >= 11 is 0. The van der Waals surface area contributed by atoms with Gasteiger partial charge in [0.15, 0.2) is 0 Å². The van der Waals surface area contributed by atoms with Crippen LogP contribution in [-0.4, -0.2) is 22.6 Å². The summed E-state index contributed by atoms with van der Waals surface area (Å²) in [5.74, 6) is 1.70. The van der Waals surface area contributed by atoms with Crippen LogP contribution in [0, 0.1) is 5.92 Å². The molecule has 4 nitrogen and oxygen atoms in total. The van der Waals surface area contributed by atoms with Gasteiger partial charge in [-0.2, -0.15) is 0 Å². The van der Waals surface area contributed by atoms with E-state index in [-0.39, 0.29) is 0 Å². The van der Waals surface area contributed by atoms with Crippen molar-refractivity contribution in [3.63, 3.8) is 0 Å². The lowest BCUT2D eigenvalue weighted by atomic mass is 9.99. The van der Waals surface area contributed by atoms with Gasteiger partial charge in [0.25, 0.3) is 0 Å². The molecule has 23 heavy (non-hydrogen) atoms. The number of nitrogens with one attached hydrogen (secondary N) is 1. The first kappa shape index (κ1) is 14.3. The second-order valence-corrected chi connectivity index (χ2v) is 6.37. The Morgan fingerprint density at radius 1 is 1.13 bits per heavy atom. The van der Waals surface area contributed by atoms with Crippen LogP contribution >= 0.6 is 0 Å². The molecule has 1 aliphatic rings. The first-order chi connectivity index (χ1) is 11.3. The molecule has 3 N–H and O–H groups in total. The van der Waals surface area contributed by atoms with Gasteiger partial charge in [-0.25, -0.2) is 4.98 Å². The predicted molar refractivity (Wildman–Crippen MR) is 95.2 cm³/mol. The Labute approximate surface area is 136 Å². The number of nitrogen functional groups attached to an aromatic ring is 1. The van der Waals surface area contributed by atoms with Crippen LogP contribution in [0.5, 0.6) is 0 Å². The molecule has 0 bridgehead atoms. The molecule has 1 unspecified atom stereocenters. The molecule has 0 radical (unpaired) electrons. The molecule has 0 saturated carbocycles. The summed E-state index contributed by atoms with van der Waals surface area (Å²) < 4.78 is 2.37. The SMILES string of the molecule is Nc1ccc(-c2nc3ccccc3n2CC2CCCNC2)cc1. The minimum absolute atomic E-state index is 0.661. The van der Waals surface area contributed by atoms with E-state index < -0.39 is 0 Å². The normalized spacial score (nSPS) is 18.3. The molecule has 0 amide bonds. The van der Waals surface area contributed by atoms with Crippen molar-refractivity contribution in [1.29, 1.82) is 0 Å². The largest absolute Gasteiger partial charge is 0.399 e. The molecule has 2 heterocycles. The van der Waals surface area contributed by atoms with Crippen LogP contribution in [0.3, 0.4) is 0 Å². The molecule has 4 heteroatoms. The van der Waals surface area contributed by atoms with Crippen LogP contribution in [-0.2, 0) is 6.54 Å². The number of fused-ring (bicyclic) bond motifs is 1. The number of hydrogen-bond donors (Lipinski definition) is 2. The van der Waals surface area contributed by atoms with Crippen LogP contribution in [0.25, 0.3) is 22.4 Å².